The van der Waals surface area contributed by atoms with E-state index in [1.807, 2.05) is 25.1 Å². The Balaban J connectivity index is 1.67. The van der Waals surface area contributed by atoms with Crippen molar-refractivity contribution in [2.45, 2.75) is 24.4 Å². The molecule has 2 aromatic carbocycles. The van der Waals surface area contributed by atoms with Crippen molar-refractivity contribution in [1.29, 1.82) is 0 Å². The average molecular weight is 402 g/mol. The Kier molecular flexibility index (Phi) is 4.95. The highest BCUT2D eigenvalue weighted by atomic mass is 32.2. The molecule has 0 unspecified atom stereocenters. The molecule has 0 amide bonds. The van der Waals surface area contributed by atoms with Gasteiger partial charge in [-0.1, -0.05) is 30.0 Å². The van der Waals surface area contributed by atoms with Crippen LogP contribution in [0.1, 0.15) is 17.9 Å². The average Bonchev–Trinajstić information content (AvgIpc) is 3.30. The second kappa shape index (κ2) is 7.55. The van der Waals surface area contributed by atoms with Crippen LogP contribution in [0, 0.1) is 6.92 Å². The summed E-state index contributed by atoms with van der Waals surface area (Å²) >= 11 is 1.23. The summed E-state index contributed by atoms with van der Waals surface area (Å²) in [6.45, 7) is -0.735. The van der Waals surface area contributed by atoms with Crippen LogP contribution < -0.4 is 4.74 Å². The van der Waals surface area contributed by atoms with Crippen LogP contribution in [0.15, 0.2) is 47.6 Å². The first-order chi connectivity index (χ1) is 13.6. The normalized spacial score (nSPS) is 11.5. The van der Waals surface area contributed by atoms with Gasteiger partial charge in [0.1, 0.15) is 17.3 Å². The van der Waals surface area contributed by atoms with Crippen LogP contribution in [0.5, 0.6) is 5.75 Å². The van der Waals surface area contributed by atoms with Crippen molar-refractivity contribution in [2.24, 2.45) is 0 Å². The number of hydrogen-bond donors (Lipinski definition) is 0. The Morgan fingerprint density at radius 2 is 2.00 bits per heavy atom. The molecular formula is C18H16F2N6OS. The number of nitrogens with zero attached hydrogens (tertiary/aromatic N) is 6. The molecule has 2 aromatic heterocycles. The maximum atomic E-state index is 13.6. The predicted molar refractivity (Wildman–Crippen MR) is 101 cm³/mol. The minimum absolute atomic E-state index is 0.188. The highest BCUT2D eigenvalue weighted by Gasteiger charge is 2.20. The number of rotatable bonds is 6. The van der Waals surface area contributed by atoms with E-state index in [0.29, 0.717) is 27.6 Å². The number of thioether (sulfide) groups is 1. The summed E-state index contributed by atoms with van der Waals surface area (Å²) in [5.74, 6) is 1.06. The molecular weight excluding hydrogens is 386 g/mol. The van der Waals surface area contributed by atoms with Gasteiger partial charge in [-0.05, 0) is 47.2 Å². The maximum Gasteiger partial charge on any atom is 0.320 e. The second-order valence-corrected chi connectivity index (χ2v) is 6.94. The van der Waals surface area contributed by atoms with Crippen molar-refractivity contribution in [3.63, 3.8) is 0 Å². The standard InChI is InChI=1S/C18H16F2N6OS/c1-11-7-8-15(27-2)14(9-11)26-18(22-23-24-26)28-10-16-21-12-5-3-4-6-13(12)25(16)17(19)20/h3-9,17H,10H2,1-2H3. The molecule has 0 saturated carbocycles. The van der Waals surface area contributed by atoms with Crippen molar-refractivity contribution in [1.82, 2.24) is 29.8 Å². The number of aromatic nitrogens is 6. The summed E-state index contributed by atoms with van der Waals surface area (Å²) in [5, 5.41) is 12.2. The van der Waals surface area contributed by atoms with E-state index in [1.165, 1.54) is 16.4 Å². The smallest absolute Gasteiger partial charge is 0.320 e. The fraction of sp³-hybridized carbons (Fsp3) is 0.222. The number of aryl methyl sites for hydroxylation is 1. The van der Waals surface area contributed by atoms with E-state index in [1.54, 1.807) is 31.4 Å². The van der Waals surface area contributed by atoms with E-state index >= 15 is 0 Å². The highest BCUT2D eigenvalue weighted by Crippen LogP contribution is 2.30. The van der Waals surface area contributed by atoms with E-state index in [-0.39, 0.29) is 11.6 Å². The molecule has 0 radical (unpaired) electrons. The third-order valence-electron chi connectivity index (χ3n) is 4.20. The van der Waals surface area contributed by atoms with Crippen molar-refractivity contribution in [3.05, 3.63) is 53.9 Å². The number of benzene rings is 2. The zero-order valence-corrected chi connectivity index (χ0v) is 15.9. The first-order valence-corrected chi connectivity index (χ1v) is 9.37. The number of hydrogen-bond acceptors (Lipinski definition) is 6. The number of ether oxygens (including phenoxy) is 1. The zero-order valence-electron chi connectivity index (χ0n) is 15.1. The first-order valence-electron chi connectivity index (χ1n) is 8.38. The zero-order chi connectivity index (χ0) is 19.7. The summed E-state index contributed by atoms with van der Waals surface area (Å²) in [4.78, 5) is 4.34. The molecule has 144 valence electrons. The van der Waals surface area contributed by atoms with Crippen LogP contribution in [0.25, 0.3) is 16.7 Å². The van der Waals surface area contributed by atoms with Crippen molar-refractivity contribution in [2.75, 3.05) is 7.11 Å². The Labute approximate surface area is 163 Å². The van der Waals surface area contributed by atoms with Gasteiger partial charge in [0.25, 0.3) is 0 Å². The molecule has 2 heterocycles. The Bertz CT molecular complexity index is 1130. The van der Waals surface area contributed by atoms with Gasteiger partial charge in [0, 0.05) is 0 Å². The molecule has 10 heteroatoms. The number of methoxy groups -OCH3 is 1. The number of alkyl halides is 2. The number of halogens is 2. The molecule has 0 atom stereocenters. The van der Waals surface area contributed by atoms with E-state index in [9.17, 15) is 8.78 Å². The molecule has 4 rings (SSSR count). The molecule has 0 spiro atoms. The number of imidazole rings is 1. The summed E-state index contributed by atoms with van der Waals surface area (Å²) in [7, 11) is 1.57. The molecule has 0 saturated heterocycles. The van der Waals surface area contributed by atoms with E-state index in [0.717, 1.165) is 10.1 Å². The fourth-order valence-corrected chi connectivity index (χ4v) is 3.74. The molecule has 0 aliphatic rings. The van der Waals surface area contributed by atoms with Gasteiger partial charge < -0.3 is 4.74 Å². The van der Waals surface area contributed by atoms with Crippen molar-refractivity contribution in [3.8, 4) is 11.4 Å². The topological polar surface area (TPSA) is 70.7 Å². The van der Waals surface area contributed by atoms with Crippen LogP contribution in [-0.4, -0.2) is 36.9 Å². The lowest BCUT2D eigenvalue weighted by atomic mass is 10.2. The SMILES string of the molecule is COc1ccc(C)cc1-n1nnnc1SCc1nc2ccccc2n1C(F)F. The lowest BCUT2D eigenvalue weighted by molar-refractivity contribution is 0.0722. The van der Waals surface area contributed by atoms with Gasteiger partial charge in [0.2, 0.25) is 5.16 Å². The predicted octanol–water partition coefficient (Wildman–Crippen LogP) is 4.02. The van der Waals surface area contributed by atoms with Crippen LogP contribution in [-0.2, 0) is 5.75 Å². The number of tetrazole rings is 1. The van der Waals surface area contributed by atoms with Gasteiger partial charge in [-0.15, -0.1) is 5.10 Å². The van der Waals surface area contributed by atoms with Crippen molar-refractivity contribution < 1.29 is 13.5 Å². The number of para-hydroxylation sites is 2. The lowest BCUT2D eigenvalue weighted by Gasteiger charge is -2.10. The van der Waals surface area contributed by atoms with Crippen LogP contribution >= 0.6 is 11.8 Å². The van der Waals surface area contributed by atoms with Gasteiger partial charge in [0.05, 0.1) is 23.9 Å². The van der Waals surface area contributed by atoms with Gasteiger partial charge in [-0.25, -0.2) is 4.98 Å². The molecule has 7 nitrogen and oxygen atoms in total. The summed E-state index contributed by atoms with van der Waals surface area (Å²) in [6.07, 6.45) is 0. The van der Waals surface area contributed by atoms with Gasteiger partial charge in [-0.3, -0.25) is 4.57 Å². The monoisotopic (exact) mass is 402 g/mol. The maximum absolute atomic E-state index is 13.6. The van der Waals surface area contributed by atoms with Crippen LogP contribution in [0.4, 0.5) is 8.78 Å². The quantitative estimate of drug-likeness (QED) is 0.454. The largest absolute Gasteiger partial charge is 0.494 e. The molecule has 0 aliphatic heterocycles. The third-order valence-corrected chi connectivity index (χ3v) is 5.11. The highest BCUT2D eigenvalue weighted by molar-refractivity contribution is 7.98. The van der Waals surface area contributed by atoms with Crippen molar-refractivity contribution >= 4 is 22.8 Å². The molecule has 28 heavy (non-hydrogen) atoms. The molecule has 0 aliphatic carbocycles. The van der Waals surface area contributed by atoms with Crippen LogP contribution in [0.2, 0.25) is 0 Å². The first kappa shape index (κ1) is 18.4. The van der Waals surface area contributed by atoms with Gasteiger partial charge >= 0.3 is 6.55 Å². The van der Waals surface area contributed by atoms with Gasteiger partial charge in [0.15, 0.2) is 0 Å². The summed E-state index contributed by atoms with van der Waals surface area (Å²) < 4.78 is 35.1. The van der Waals surface area contributed by atoms with Crippen LogP contribution in [0.3, 0.4) is 0 Å². The summed E-state index contributed by atoms with van der Waals surface area (Å²) in [5.41, 5.74) is 2.62. The number of fused-ring (bicyclic) bond motifs is 1. The molecule has 0 bridgehead atoms. The van der Waals surface area contributed by atoms with E-state index in [2.05, 4.69) is 20.5 Å². The Morgan fingerprint density at radius 1 is 1.18 bits per heavy atom. The molecule has 4 aromatic rings. The molecule has 0 fully saturated rings. The fourth-order valence-electron chi connectivity index (χ4n) is 2.93. The second-order valence-electron chi connectivity index (χ2n) is 6.00. The Hall–Kier alpha value is -3.01. The third kappa shape index (κ3) is 3.31. The minimum Gasteiger partial charge on any atom is -0.494 e. The van der Waals surface area contributed by atoms with Gasteiger partial charge in [-0.2, -0.15) is 13.5 Å². The van der Waals surface area contributed by atoms with E-state index in [4.69, 9.17) is 4.74 Å². The van der Waals surface area contributed by atoms with E-state index < -0.39 is 6.55 Å². The minimum atomic E-state index is -2.68. The lowest BCUT2D eigenvalue weighted by Crippen LogP contribution is -2.05. The molecule has 0 N–H and O–H groups in total. The Morgan fingerprint density at radius 3 is 2.79 bits per heavy atom. The summed E-state index contributed by atoms with van der Waals surface area (Å²) in [6, 6.07) is 12.5.